The smallest absolute Gasteiger partial charge is 0.260 e. The van der Waals surface area contributed by atoms with E-state index >= 15 is 0 Å². The molecule has 0 radical (unpaired) electrons. The van der Waals surface area contributed by atoms with Gasteiger partial charge in [-0.15, -0.1) is 11.3 Å². The number of carbonyl (C=O) groups is 1. The number of nitrogens with one attached hydrogen (secondary N) is 1. The Labute approximate surface area is 209 Å². The standard InChI is InChI=1S/C27H32N4O3S/c1-3-21-18(2)35-26-23(21)25(32)28-24(29-26)22(27(33)31-13-15-34-16-14-31)17-19-7-9-20(10-8-19)30-11-5-4-6-12-30/h7-10,17H,3-6,11-16H2,1-2H3,(H,28,29,32). The zero-order valence-electron chi connectivity index (χ0n) is 20.4. The Bertz CT molecular complexity index is 1300. The average Bonchev–Trinajstić information content (AvgIpc) is 3.23. The molecule has 2 aromatic heterocycles. The van der Waals surface area contributed by atoms with Crippen LogP contribution in [0.15, 0.2) is 29.1 Å². The van der Waals surface area contributed by atoms with E-state index in [4.69, 9.17) is 9.72 Å². The molecule has 0 spiro atoms. The van der Waals surface area contributed by atoms with Crippen LogP contribution in [0.3, 0.4) is 0 Å². The molecule has 2 saturated heterocycles. The molecule has 0 unspecified atom stereocenters. The van der Waals surface area contributed by atoms with Gasteiger partial charge in [-0.3, -0.25) is 9.59 Å². The monoisotopic (exact) mass is 492 g/mol. The Kier molecular flexibility index (Phi) is 7.02. The number of rotatable bonds is 5. The van der Waals surface area contributed by atoms with Gasteiger partial charge >= 0.3 is 0 Å². The number of nitrogens with zero attached hydrogens (tertiary/aromatic N) is 3. The summed E-state index contributed by atoms with van der Waals surface area (Å²) in [5.41, 5.74) is 3.36. The first-order valence-electron chi connectivity index (χ1n) is 12.5. The molecule has 1 aromatic carbocycles. The van der Waals surface area contributed by atoms with Gasteiger partial charge < -0.3 is 19.5 Å². The third kappa shape index (κ3) is 4.90. The fourth-order valence-corrected chi connectivity index (χ4v) is 6.11. The second-order valence-corrected chi connectivity index (χ2v) is 10.4. The van der Waals surface area contributed by atoms with Crippen molar-refractivity contribution in [2.24, 2.45) is 0 Å². The van der Waals surface area contributed by atoms with Gasteiger partial charge in [0.2, 0.25) is 0 Å². The fourth-order valence-electron chi connectivity index (χ4n) is 5.00. The van der Waals surface area contributed by atoms with Crippen molar-refractivity contribution in [1.29, 1.82) is 0 Å². The average molecular weight is 493 g/mol. The molecule has 0 bridgehead atoms. The number of ether oxygens (including phenoxy) is 1. The number of aromatic nitrogens is 2. The summed E-state index contributed by atoms with van der Waals surface area (Å²) in [6, 6.07) is 8.31. The van der Waals surface area contributed by atoms with Crippen molar-refractivity contribution in [2.75, 3.05) is 44.3 Å². The Morgan fingerprint density at radius 3 is 2.51 bits per heavy atom. The molecule has 8 heteroatoms. The quantitative estimate of drug-likeness (QED) is 0.539. The van der Waals surface area contributed by atoms with Crippen molar-refractivity contribution in [1.82, 2.24) is 14.9 Å². The van der Waals surface area contributed by atoms with Crippen LogP contribution in [0, 0.1) is 6.92 Å². The number of aryl methyl sites for hydroxylation is 2. The minimum atomic E-state index is -0.188. The highest BCUT2D eigenvalue weighted by Gasteiger charge is 2.25. The lowest BCUT2D eigenvalue weighted by atomic mass is 10.1. The highest BCUT2D eigenvalue weighted by Crippen LogP contribution is 2.29. The van der Waals surface area contributed by atoms with Crippen LogP contribution in [0.2, 0.25) is 0 Å². The summed E-state index contributed by atoms with van der Waals surface area (Å²) >= 11 is 1.51. The van der Waals surface area contributed by atoms with E-state index in [1.165, 1.54) is 36.3 Å². The summed E-state index contributed by atoms with van der Waals surface area (Å²) in [6.45, 7) is 8.30. The van der Waals surface area contributed by atoms with Crippen molar-refractivity contribution < 1.29 is 9.53 Å². The largest absolute Gasteiger partial charge is 0.378 e. The van der Waals surface area contributed by atoms with Gasteiger partial charge in [0, 0.05) is 36.7 Å². The van der Waals surface area contributed by atoms with Gasteiger partial charge in [-0.25, -0.2) is 4.98 Å². The Balaban J connectivity index is 1.55. The summed E-state index contributed by atoms with van der Waals surface area (Å²) in [5.74, 6) is 0.183. The zero-order chi connectivity index (χ0) is 24.4. The van der Waals surface area contributed by atoms with Crippen molar-refractivity contribution in [3.63, 3.8) is 0 Å². The highest BCUT2D eigenvalue weighted by molar-refractivity contribution is 7.18. The summed E-state index contributed by atoms with van der Waals surface area (Å²) in [6.07, 6.45) is 6.37. The van der Waals surface area contributed by atoms with Gasteiger partial charge in [-0.2, -0.15) is 0 Å². The van der Waals surface area contributed by atoms with Crippen LogP contribution in [0.4, 0.5) is 5.69 Å². The minimum Gasteiger partial charge on any atom is -0.378 e. The molecule has 1 amide bonds. The predicted octanol–water partition coefficient (Wildman–Crippen LogP) is 4.25. The molecule has 5 rings (SSSR count). The van der Waals surface area contributed by atoms with Gasteiger partial charge in [0.25, 0.3) is 11.5 Å². The highest BCUT2D eigenvalue weighted by atomic mass is 32.1. The molecule has 4 heterocycles. The molecule has 0 saturated carbocycles. The molecule has 0 aliphatic carbocycles. The van der Waals surface area contributed by atoms with E-state index in [-0.39, 0.29) is 11.5 Å². The van der Waals surface area contributed by atoms with Crippen LogP contribution < -0.4 is 10.5 Å². The number of thiophene rings is 1. The lowest BCUT2D eigenvalue weighted by molar-refractivity contribution is -0.128. The number of benzene rings is 1. The molecule has 2 aliphatic heterocycles. The summed E-state index contributed by atoms with van der Waals surface area (Å²) in [5, 5.41) is 0.641. The molecule has 7 nitrogen and oxygen atoms in total. The van der Waals surface area contributed by atoms with Crippen LogP contribution in [-0.4, -0.2) is 60.2 Å². The Morgan fingerprint density at radius 1 is 1.11 bits per heavy atom. The van der Waals surface area contributed by atoms with E-state index < -0.39 is 0 Å². The molecular formula is C27H32N4O3S. The van der Waals surface area contributed by atoms with Gasteiger partial charge in [0.05, 0.1) is 24.2 Å². The van der Waals surface area contributed by atoms with Crippen molar-refractivity contribution in [2.45, 2.75) is 39.5 Å². The Hall–Kier alpha value is -2.97. The molecule has 2 aliphatic rings. The number of hydrogen-bond donors (Lipinski definition) is 1. The fraction of sp³-hybridized carbons (Fsp3) is 0.444. The molecule has 184 valence electrons. The molecule has 2 fully saturated rings. The maximum atomic E-state index is 13.6. The first-order valence-corrected chi connectivity index (χ1v) is 13.3. The first kappa shape index (κ1) is 23.8. The summed E-state index contributed by atoms with van der Waals surface area (Å²) < 4.78 is 5.44. The van der Waals surface area contributed by atoms with Gasteiger partial charge in [0.1, 0.15) is 10.7 Å². The van der Waals surface area contributed by atoms with Crippen LogP contribution in [0.5, 0.6) is 0 Å². The first-order chi connectivity index (χ1) is 17.0. The van der Waals surface area contributed by atoms with Gasteiger partial charge in [-0.05, 0) is 61.9 Å². The van der Waals surface area contributed by atoms with Gasteiger partial charge in [0.15, 0.2) is 0 Å². The molecular weight excluding hydrogens is 460 g/mol. The third-order valence-corrected chi connectivity index (χ3v) is 7.97. The minimum absolute atomic E-state index is 0.139. The number of H-pyrrole nitrogens is 1. The van der Waals surface area contributed by atoms with E-state index in [0.29, 0.717) is 47.9 Å². The van der Waals surface area contributed by atoms with E-state index in [0.717, 1.165) is 35.5 Å². The third-order valence-electron chi connectivity index (χ3n) is 6.93. The number of fused-ring (bicyclic) bond motifs is 1. The summed E-state index contributed by atoms with van der Waals surface area (Å²) in [4.78, 5) is 40.4. The number of carbonyl (C=O) groups excluding carboxylic acids is 1. The molecule has 35 heavy (non-hydrogen) atoms. The van der Waals surface area contributed by atoms with E-state index in [1.807, 2.05) is 32.1 Å². The van der Waals surface area contributed by atoms with Crippen LogP contribution in [0.25, 0.3) is 21.9 Å². The number of morpholine rings is 1. The van der Waals surface area contributed by atoms with E-state index in [9.17, 15) is 9.59 Å². The van der Waals surface area contributed by atoms with Crippen molar-refractivity contribution in [3.8, 4) is 0 Å². The maximum absolute atomic E-state index is 13.6. The van der Waals surface area contributed by atoms with Crippen molar-refractivity contribution >= 4 is 44.8 Å². The van der Waals surface area contributed by atoms with Crippen LogP contribution in [-0.2, 0) is 16.0 Å². The molecule has 1 N–H and O–H groups in total. The van der Waals surface area contributed by atoms with Crippen molar-refractivity contribution in [3.05, 3.63) is 56.4 Å². The lowest BCUT2D eigenvalue weighted by Crippen LogP contribution is -2.41. The van der Waals surface area contributed by atoms with Crippen LogP contribution in [0.1, 0.15) is 48.0 Å². The lowest BCUT2D eigenvalue weighted by Gasteiger charge is -2.29. The molecule has 0 atom stereocenters. The zero-order valence-corrected chi connectivity index (χ0v) is 21.2. The van der Waals surface area contributed by atoms with E-state index in [2.05, 4.69) is 22.0 Å². The second-order valence-electron chi connectivity index (χ2n) is 9.19. The number of anilines is 1. The number of piperidine rings is 1. The number of aromatic amines is 1. The SMILES string of the molecule is CCc1c(C)sc2nc(C(=Cc3ccc(N4CCCCC4)cc3)C(=O)N3CCOCC3)[nH]c(=O)c12. The Morgan fingerprint density at radius 2 is 1.83 bits per heavy atom. The second kappa shape index (κ2) is 10.3. The van der Waals surface area contributed by atoms with Crippen LogP contribution >= 0.6 is 11.3 Å². The number of amides is 1. The summed E-state index contributed by atoms with van der Waals surface area (Å²) in [7, 11) is 0. The molecule has 3 aromatic rings. The van der Waals surface area contributed by atoms with Gasteiger partial charge in [-0.1, -0.05) is 19.1 Å². The predicted molar refractivity (Wildman–Crippen MR) is 142 cm³/mol. The maximum Gasteiger partial charge on any atom is 0.260 e. The number of hydrogen-bond acceptors (Lipinski definition) is 6. The normalized spacial score (nSPS) is 17.3. The van der Waals surface area contributed by atoms with E-state index in [1.54, 1.807) is 4.90 Å². The topological polar surface area (TPSA) is 78.5 Å².